The molecule has 4 heteroatoms. The van der Waals surface area contributed by atoms with Crippen molar-refractivity contribution in [2.75, 3.05) is 18.5 Å². The lowest BCUT2D eigenvalue weighted by atomic mass is 9.84. The fraction of sp³-hybridized carbons (Fsp3) is 0.692. The lowest BCUT2D eigenvalue weighted by molar-refractivity contribution is 0.304. The van der Waals surface area contributed by atoms with Gasteiger partial charge in [0, 0.05) is 25.5 Å². The van der Waals surface area contributed by atoms with Gasteiger partial charge in [-0.05, 0) is 37.8 Å². The van der Waals surface area contributed by atoms with Gasteiger partial charge in [0.15, 0.2) is 0 Å². The third-order valence-corrected chi connectivity index (χ3v) is 3.75. The first-order valence-corrected chi connectivity index (χ1v) is 6.44. The van der Waals surface area contributed by atoms with Crippen LogP contribution in [0.5, 0.6) is 0 Å². The molecule has 0 aliphatic heterocycles. The van der Waals surface area contributed by atoms with E-state index in [1.807, 2.05) is 19.3 Å². The number of hydrogen-bond acceptors (Lipinski definition) is 4. The van der Waals surface area contributed by atoms with Crippen molar-refractivity contribution in [2.45, 2.75) is 38.6 Å². The Morgan fingerprint density at radius 2 is 1.94 bits per heavy atom. The Bertz CT molecular complexity index is 349. The summed E-state index contributed by atoms with van der Waals surface area (Å²) in [5.41, 5.74) is 6.96. The Hall–Kier alpha value is -1.16. The van der Waals surface area contributed by atoms with Gasteiger partial charge in [-0.1, -0.05) is 12.8 Å². The maximum Gasteiger partial charge on any atom is 0.225 e. The maximum absolute atomic E-state index is 5.87. The molecule has 1 fully saturated rings. The highest BCUT2D eigenvalue weighted by Gasteiger charge is 2.28. The maximum atomic E-state index is 5.87. The van der Waals surface area contributed by atoms with Crippen LogP contribution in [0.4, 0.5) is 5.95 Å². The minimum Gasteiger partial charge on any atom is -0.341 e. The van der Waals surface area contributed by atoms with E-state index in [4.69, 9.17) is 5.73 Å². The molecule has 0 spiro atoms. The summed E-state index contributed by atoms with van der Waals surface area (Å²) in [6.45, 7) is 2.77. The van der Waals surface area contributed by atoms with E-state index in [2.05, 4.69) is 21.9 Å². The Kier molecular flexibility index (Phi) is 3.94. The molecule has 2 N–H and O–H groups in total. The standard InChI is InChI=1S/C13H22N4/c1-10-8-15-13(16-9-10)17(2)12-6-4-3-5-11(12)7-14/h8-9,11-12H,3-7,14H2,1-2H3. The van der Waals surface area contributed by atoms with Crippen LogP contribution < -0.4 is 10.6 Å². The molecule has 1 aromatic rings. The van der Waals surface area contributed by atoms with Crippen LogP contribution in [-0.4, -0.2) is 29.6 Å². The van der Waals surface area contributed by atoms with Gasteiger partial charge in [0.1, 0.15) is 0 Å². The first kappa shape index (κ1) is 12.3. The van der Waals surface area contributed by atoms with E-state index >= 15 is 0 Å². The second-order valence-electron chi connectivity index (χ2n) is 5.02. The summed E-state index contributed by atoms with van der Waals surface area (Å²) in [7, 11) is 2.09. The third kappa shape index (κ3) is 2.75. The molecule has 0 amide bonds. The highest BCUT2D eigenvalue weighted by atomic mass is 15.3. The average molecular weight is 234 g/mol. The number of anilines is 1. The van der Waals surface area contributed by atoms with Gasteiger partial charge in [-0.15, -0.1) is 0 Å². The van der Waals surface area contributed by atoms with Crippen LogP contribution >= 0.6 is 0 Å². The summed E-state index contributed by atoms with van der Waals surface area (Å²) in [6.07, 6.45) is 8.78. The number of rotatable bonds is 3. The van der Waals surface area contributed by atoms with Crippen molar-refractivity contribution in [2.24, 2.45) is 11.7 Å². The third-order valence-electron chi connectivity index (χ3n) is 3.75. The van der Waals surface area contributed by atoms with Crippen molar-refractivity contribution >= 4 is 5.95 Å². The number of nitrogens with zero attached hydrogens (tertiary/aromatic N) is 3. The number of hydrogen-bond donors (Lipinski definition) is 1. The van der Waals surface area contributed by atoms with E-state index in [1.165, 1.54) is 25.7 Å². The van der Waals surface area contributed by atoms with Crippen molar-refractivity contribution in [3.63, 3.8) is 0 Å². The van der Waals surface area contributed by atoms with E-state index in [0.29, 0.717) is 12.0 Å². The largest absolute Gasteiger partial charge is 0.341 e. The minimum atomic E-state index is 0.497. The second kappa shape index (κ2) is 5.45. The van der Waals surface area contributed by atoms with Gasteiger partial charge in [0.25, 0.3) is 0 Å². The summed E-state index contributed by atoms with van der Waals surface area (Å²) in [6, 6.07) is 0.497. The molecule has 2 unspecified atom stereocenters. The second-order valence-corrected chi connectivity index (χ2v) is 5.02. The van der Waals surface area contributed by atoms with Gasteiger partial charge in [-0.2, -0.15) is 0 Å². The van der Waals surface area contributed by atoms with Crippen LogP contribution in [0.1, 0.15) is 31.2 Å². The van der Waals surface area contributed by atoms with Crippen molar-refractivity contribution in [1.82, 2.24) is 9.97 Å². The summed E-state index contributed by atoms with van der Waals surface area (Å²) < 4.78 is 0. The van der Waals surface area contributed by atoms with Gasteiger partial charge < -0.3 is 10.6 Å². The quantitative estimate of drug-likeness (QED) is 0.865. The smallest absolute Gasteiger partial charge is 0.225 e. The average Bonchev–Trinajstić information content (AvgIpc) is 2.39. The van der Waals surface area contributed by atoms with Crippen molar-refractivity contribution < 1.29 is 0 Å². The molecule has 2 atom stereocenters. The van der Waals surface area contributed by atoms with Crippen LogP contribution in [0.15, 0.2) is 12.4 Å². The van der Waals surface area contributed by atoms with Gasteiger partial charge in [0.05, 0.1) is 0 Å². The van der Waals surface area contributed by atoms with Gasteiger partial charge >= 0.3 is 0 Å². The number of nitrogens with two attached hydrogens (primary N) is 1. The molecule has 94 valence electrons. The molecular weight excluding hydrogens is 212 g/mol. The molecule has 1 heterocycles. The predicted molar refractivity (Wildman–Crippen MR) is 70.0 cm³/mol. The van der Waals surface area contributed by atoms with E-state index in [9.17, 15) is 0 Å². The molecule has 1 aromatic heterocycles. The Labute approximate surface area is 103 Å². The molecule has 17 heavy (non-hydrogen) atoms. The van der Waals surface area contributed by atoms with Crippen LogP contribution in [0.25, 0.3) is 0 Å². The monoisotopic (exact) mass is 234 g/mol. The fourth-order valence-corrected chi connectivity index (χ4v) is 2.69. The summed E-state index contributed by atoms with van der Waals surface area (Å²) in [4.78, 5) is 11.0. The molecule has 1 aliphatic rings. The number of aryl methyl sites for hydroxylation is 1. The van der Waals surface area contributed by atoms with E-state index < -0.39 is 0 Å². The molecule has 0 bridgehead atoms. The molecular formula is C13H22N4. The summed E-state index contributed by atoms with van der Waals surface area (Å²) in [5.74, 6) is 1.40. The molecule has 1 aliphatic carbocycles. The highest BCUT2D eigenvalue weighted by molar-refractivity contribution is 5.30. The van der Waals surface area contributed by atoms with Gasteiger partial charge in [-0.3, -0.25) is 0 Å². The SMILES string of the molecule is Cc1cnc(N(C)C2CCCCC2CN)nc1. The van der Waals surface area contributed by atoms with Crippen LogP contribution in [0.3, 0.4) is 0 Å². The van der Waals surface area contributed by atoms with Gasteiger partial charge in [-0.25, -0.2) is 9.97 Å². The minimum absolute atomic E-state index is 0.497. The van der Waals surface area contributed by atoms with Crippen LogP contribution in [0.2, 0.25) is 0 Å². The Balaban J connectivity index is 2.12. The Morgan fingerprint density at radius 3 is 2.59 bits per heavy atom. The van der Waals surface area contributed by atoms with E-state index in [-0.39, 0.29) is 0 Å². The summed E-state index contributed by atoms with van der Waals surface area (Å²) >= 11 is 0. The van der Waals surface area contributed by atoms with Crippen molar-refractivity contribution in [3.8, 4) is 0 Å². The lowest BCUT2D eigenvalue weighted by Crippen LogP contribution is -2.43. The van der Waals surface area contributed by atoms with Crippen molar-refractivity contribution in [1.29, 1.82) is 0 Å². The van der Waals surface area contributed by atoms with Gasteiger partial charge in [0.2, 0.25) is 5.95 Å². The fourth-order valence-electron chi connectivity index (χ4n) is 2.69. The zero-order chi connectivity index (χ0) is 12.3. The lowest BCUT2D eigenvalue weighted by Gasteiger charge is -2.37. The normalized spacial score (nSPS) is 24.6. The molecule has 0 aromatic carbocycles. The zero-order valence-corrected chi connectivity index (χ0v) is 10.8. The highest BCUT2D eigenvalue weighted by Crippen LogP contribution is 2.28. The first-order valence-electron chi connectivity index (χ1n) is 6.44. The van der Waals surface area contributed by atoms with E-state index in [0.717, 1.165) is 18.1 Å². The molecule has 0 radical (unpaired) electrons. The molecule has 4 nitrogen and oxygen atoms in total. The molecule has 2 rings (SSSR count). The predicted octanol–water partition coefficient (Wildman–Crippen LogP) is 1.74. The first-order chi connectivity index (χ1) is 8.22. The van der Waals surface area contributed by atoms with E-state index in [1.54, 1.807) is 0 Å². The van der Waals surface area contributed by atoms with Crippen LogP contribution in [-0.2, 0) is 0 Å². The van der Waals surface area contributed by atoms with Crippen LogP contribution in [0, 0.1) is 12.8 Å². The topological polar surface area (TPSA) is 55.0 Å². The Morgan fingerprint density at radius 1 is 1.29 bits per heavy atom. The zero-order valence-electron chi connectivity index (χ0n) is 10.8. The molecule has 1 saturated carbocycles. The summed E-state index contributed by atoms with van der Waals surface area (Å²) in [5, 5.41) is 0. The molecule has 0 saturated heterocycles. The number of aromatic nitrogens is 2. The van der Waals surface area contributed by atoms with Crippen molar-refractivity contribution in [3.05, 3.63) is 18.0 Å².